The molecule has 0 aromatic carbocycles. The Hall–Kier alpha value is -0.680. The molecule has 62 valence electrons. The number of aromatic nitrogens is 2. The van der Waals surface area contributed by atoms with Crippen LogP contribution >= 0.6 is 11.3 Å². The van der Waals surface area contributed by atoms with Crippen LogP contribution < -0.4 is 5.32 Å². The van der Waals surface area contributed by atoms with Gasteiger partial charge in [-0.2, -0.15) is 0 Å². The van der Waals surface area contributed by atoms with E-state index in [9.17, 15) is 0 Å². The molecule has 0 aliphatic carbocycles. The van der Waals surface area contributed by atoms with Crippen molar-refractivity contribution in [2.24, 2.45) is 0 Å². The third kappa shape index (κ3) is 2.44. The van der Waals surface area contributed by atoms with Crippen LogP contribution in [0.25, 0.3) is 0 Å². The Kier molecular flexibility index (Phi) is 3.25. The summed E-state index contributed by atoms with van der Waals surface area (Å²) in [4.78, 5) is 0. The highest BCUT2D eigenvalue weighted by Crippen LogP contribution is 2.10. The lowest BCUT2D eigenvalue weighted by atomic mass is 10.2. The molecule has 2 N–H and O–H groups in total. The molecule has 0 amide bonds. The Morgan fingerprint density at radius 1 is 1.82 bits per heavy atom. The van der Waals surface area contributed by atoms with Crippen LogP contribution in [0.15, 0.2) is 5.51 Å². The second-order valence-corrected chi connectivity index (χ2v) is 3.01. The average molecular weight is 173 g/mol. The molecule has 0 spiro atoms. The normalized spacial score (nSPS) is 12.9. The maximum atomic E-state index is 8.82. The number of rotatable bonds is 4. The second kappa shape index (κ2) is 4.25. The highest BCUT2D eigenvalue weighted by atomic mass is 32.1. The van der Waals surface area contributed by atoms with Crippen LogP contribution in [0.5, 0.6) is 0 Å². The minimum Gasteiger partial charge on any atom is -0.394 e. The molecule has 0 fully saturated rings. The van der Waals surface area contributed by atoms with E-state index in [-0.39, 0.29) is 12.6 Å². The molecular formula is C6H11N3OS. The summed E-state index contributed by atoms with van der Waals surface area (Å²) in [5.74, 6) is 0. The molecule has 0 bridgehead atoms. The molecule has 0 aliphatic rings. The predicted octanol–water partition coefficient (Wildman–Crippen LogP) is 0.721. The smallest absolute Gasteiger partial charge is 0.205 e. The minimum absolute atomic E-state index is 0.1000. The van der Waals surface area contributed by atoms with Crippen molar-refractivity contribution in [1.29, 1.82) is 0 Å². The molecular weight excluding hydrogens is 162 g/mol. The van der Waals surface area contributed by atoms with Gasteiger partial charge in [0.1, 0.15) is 5.51 Å². The predicted molar refractivity (Wildman–Crippen MR) is 44.7 cm³/mol. The summed E-state index contributed by atoms with van der Waals surface area (Å²) in [7, 11) is 0. The number of nitrogens with one attached hydrogen (secondary N) is 1. The third-order valence-corrected chi connectivity index (χ3v) is 2.02. The van der Waals surface area contributed by atoms with Gasteiger partial charge in [0.25, 0.3) is 0 Å². The zero-order valence-corrected chi connectivity index (χ0v) is 7.14. The van der Waals surface area contributed by atoms with Crippen molar-refractivity contribution in [1.82, 2.24) is 10.2 Å². The van der Waals surface area contributed by atoms with Crippen LogP contribution in [0.1, 0.15) is 13.3 Å². The molecule has 1 aromatic rings. The van der Waals surface area contributed by atoms with Crippen LogP contribution in [0.2, 0.25) is 0 Å². The molecule has 1 aromatic heterocycles. The van der Waals surface area contributed by atoms with Crippen molar-refractivity contribution >= 4 is 16.5 Å². The Balaban J connectivity index is 2.41. The first-order valence-corrected chi connectivity index (χ1v) is 4.38. The lowest BCUT2D eigenvalue weighted by Gasteiger charge is -2.11. The molecule has 4 nitrogen and oxygen atoms in total. The molecule has 1 rings (SSSR count). The fourth-order valence-electron chi connectivity index (χ4n) is 0.687. The number of aliphatic hydroxyl groups excluding tert-OH is 1. The number of anilines is 1. The molecule has 1 unspecified atom stereocenters. The van der Waals surface area contributed by atoms with Gasteiger partial charge >= 0.3 is 0 Å². The quantitative estimate of drug-likeness (QED) is 0.704. The van der Waals surface area contributed by atoms with Gasteiger partial charge in [-0.05, 0) is 6.42 Å². The Bertz CT molecular complexity index is 186. The van der Waals surface area contributed by atoms with Gasteiger partial charge in [-0.3, -0.25) is 0 Å². The Labute approximate surface area is 69.3 Å². The maximum Gasteiger partial charge on any atom is 0.205 e. The van der Waals surface area contributed by atoms with E-state index in [0.717, 1.165) is 11.6 Å². The highest BCUT2D eigenvalue weighted by Gasteiger charge is 2.04. The maximum absolute atomic E-state index is 8.82. The minimum atomic E-state index is 0.1000. The van der Waals surface area contributed by atoms with Crippen LogP contribution in [-0.4, -0.2) is 28.0 Å². The van der Waals surface area contributed by atoms with Crippen molar-refractivity contribution in [3.63, 3.8) is 0 Å². The molecule has 11 heavy (non-hydrogen) atoms. The third-order valence-electron chi connectivity index (χ3n) is 1.40. The molecule has 1 atom stereocenters. The average Bonchev–Trinajstić information content (AvgIpc) is 2.52. The number of aliphatic hydroxyl groups is 1. The Morgan fingerprint density at radius 2 is 2.64 bits per heavy atom. The Morgan fingerprint density at radius 3 is 3.09 bits per heavy atom. The van der Waals surface area contributed by atoms with E-state index in [0.29, 0.717) is 0 Å². The summed E-state index contributed by atoms with van der Waals surface area (Å²) in [5.41, 5.74) is 1.66. The second-order valence-electron chi connectivity index (χ2n) is 2.18. The summed E-state index contributed by atoms with van der Waals surface area (Å²) < 4.78 is 0. The van der Waals surface area contributed by atoms with Gasteiger partial charge in [-0.25, -0.2) is 0 Å². The van der Waals surface area contributed by atoms with E-state index in [1.54, 1.807) is 5.51 Å². The number of hydrogen-bond donors (Lipinski definition) is 2. The van der Waals surface area contributed by atoms with Crippen molar-refractivity contribution in [2.75, 3.05) is 11.9 Å². The molecule has 0 aliphatic heterocycles. The van der Waals surface area contributed by atoms with Gasteiger partial charge in [0.15, 0.2) is 0 Å². The highest BCUT2D eigenvalue weighted by molar-refractivity contribution is 7.13. The first-order valence-electron chi connectivity index (χ1n) is 3.50. The summed E-state index contributed by atoms with van der Waals surface area (Å²) in [5, 5.41) is 20.1. The molecule has 5 heteroatoms. The molecule has 1 heterocycles. The van der Waals surface area contributed by atoms with Gasteiger partial charge in [-0.15, -0.1) is 10.2 Å². The zero-order chi connectivity index (χ0) is 8.10. The largest absolute Gasteiger partial charge is 0.394 e. The number of nitrogens with zero attached hydrogens (tertiary/aromatic N) is 2. The van der Waals surface area contributed by atoms with Crippen LogP contribution in [0.3, 0.4) is 0 Å². The van der Waals surface area contributed by atoms with Crippen molar-refractivity contribution < 1.29 is 5.11 Å². The van der Waals surface area contributed by atoms with Gasteiger partial charge in [-0.1, -0.05) is 18.3 Å². The standard InChI is InChI=1S/C6H11N3OS/c1-2-5(3-10)8-6-9-7-4-11-6/h4-5,10H,2-3H2,1H3,(H,8,9). The van der Waals surface area contributed by atoms with E-state index in [1.807, 2.05) is 6.92 Å². The van der Waals surface area contributed by atoms with Gasteiger partial charge < -0.3 is 10.4 Å². The zero-order valence-electron chi connectivity index (χ0n) is 6.32. The van der Waals surface area contributed by atoms with Crippen LogP contribution in [0, 0.1) is 0 Å². The topological polar surface area (TPSA) is 58.0 Å². The molecule has 0 saturated carbocycles. The first-order chi connectivity index (χ1) is 5.36. The van der Waals surface area contributed by atoms with Crippen molar-refractivity contribution in [2.45, 2.75) is 19.4 Å². The van der Waals surface area contributed by atoms with E-state index in [4.69, 9.17) is 5.11 Å². The van der Waals surface area contributed by atoms with E-state index >= 15 is 0 Å². The van der Waals surface area contributed by atoms with Gasteiger partial charge in [0.2, 0.25) is 5.13 Å². The SMILES string of the molecule is CCC(CO)Nc1nncs1. The lowest BCUT2D eigenvalue weighted by Crippen LogP contribution is -2.22. The van der Waals surface area contributed by atoms with E-state index < -0.39 is 0 Å². The summed E-state index contributed by atoms with van der Waals surface area (Å²) >= 11 is 1.44. The number of hydrogen-bond acceptors (Lipinski definition) is 5. The first kappa shape index (κ1) is 8.42. The van der Waals surface area contributed by atoms with Crippen molar-refractivity contribution in [3.8, 4) is 0 Å². The summed E-state index contributed by atoms with van der Waals surface area (Å²) in [6, 6.07) is 0.1000. The van der Waals surface area contributed by atoms with Gasteiger partial charge in [0.05, 0.1) is 12.6 Å². The van der Waals surface area contributed by atoms with Crippen LogP contribution in [-0.2, 0) is 0 Å². The molecule has 0 saturated heterocycles. The van der Waals surface area contributed by atoms with Crippen LogP contribution in [0.4, 0.5) is 5.13 Å². The lowest BCUT2D eigenvalue weighted by molar-refractivity contribution is 0.272. The van der Waals surface area contributed by atoms with E-state index in [1.165, 1.54) is 11.3 Å². The summed E-state index contributed by atoms with van der Waals surface area (Å²) in [6.07, 6.45) is 0.885. The van der Waals surface area contributed by atoms with E-state index in [2.05, 4.69) is 15.5 Å². The fourth-order valence-corrected chi connectivity index (χ4v) is 1.21. The summed E-state index contributed by atoms with van der Waals surface area (Å²) in [6.45, 7) is 2.14. The monoisotopic (exact) mass is 173 g/mol. The van der Waals surface area contributed by atoms with Crippen molar-refractivity contribution in [3.05, 3.63) is 5.51 Å². The fraction of sp³-hybridized carbons (Fsp3) is 0.667. The molecule has 0 radical (unpaired) electrons. The van der Waals surface area contributed by atoms with Gasteiger partial charge in [0, 0.05) is 0 Å².